The molecule has 7 nitrogen and oxygen atoms in total. The molecule has 0 radical (unpaired) electrons. The van der Waals surface area contributed by atoms with Crippen LogP contribution in [0.2, 0.25) is 0 Å². The van der Waals surface area contributed by atoms with Crippen LogP contribution in [0.1, 0.15) is 48.2 Å². The average molecular weight is 538 g/mol. The van der Waals surface area contributed by atoms with Gasteiger partial charge in [-0.05, 0) is 68.0 Å². The van der Waals surface area contributed by atoms with Crippen LogP contribution in [0.5, 0.6) is 0 Å². The summed E-state index contributed by atoms with van der Waals surface area (Å²) in [5.41, 5.74) is 1.41. The fourth-order valence-electron chi connectivity index (χ4n) is 5.87. The number of carbonyl (C=O) groups is 1. The number of amides is 1. The minimum absolute atomic E-state index is 0.0415. The van der Waals surface area contributed by atoms with Crippen molar-refractivity contribution >= 4 is 23.0 Å². The van der Waals surface area contributed by atoms with Crippen LogP contribution in [0, 0.1) is 5.92 Å². The van der Waals surface area contributed by atoms with Crippen LogP contribution in [-0.2, 0) is 5.60 Å². The van der Waals surface area contributed by atoms with Gasteiger partial charge in [0.05, 0.1) is 0 Å². The van der Waals surface area contributed by atoms with Crippen molar-refractivity contribution in [3.8, 4) is 0 Å². The first kappa shape index (κ1) is 27.3. The van der Waals surface area contributed by atoms with Gasteiger partial charge in [0.2, 0.25) is 0 Å². The number of rotatable bonds is 9. The Morgan fingerprint density at radius 2 is 1.38 bits per heavy atom. The van der Waals surface area contributed by atoms with E-state index in [0.29, 0.717) is 56.0 Å². The summed E-state index contributed by atoms with van der Waals surface area (Å²) in [6, 6.07) is 26.4. The van der Waals surface area contributed by atoms with Crippen molar-refractivity contribution in [2.24, 2.45) is 5.92 Å². The standard InChI is InChI=1S/C33H35N3O4/c1-3-35(4-2)32(39)23-15-17-27(18-16-23)34-28-29(31(38)30(28)37)36-21-19-26(20-22-36)33(40,24-11-7-5-8-12-24)25-13-9-6-10-14-25/h5-18,26,34,40H,3-4,19-22H2,1-2H3. The molecule has 206 valence electrons. The Labute approximate surface area is 234 Å². The first-order valence-electron chi connectivity index (χ1n) is 14.0. The zero-order chi connectivity index (χ0) is 28.3. The van der Waals surface area contributed by atoms with Crippen molar-refractivity contribution in [3.05, 3.63) is 122 Å². The molecule has 0 saturated carbocycles. The molecule has 0 unspecified atom stereocenters. The van der Waals surface area contributed by atoms with Crippen molar-refractivity contribution in [3.63, 3.8) is 0 Å². The third-order valence-corrected chi connectivity index (χ3v) is 8.17. The molecule has 2 N–H and O–H groups in total. The topological polar surface area (TPSA) is 89.9 Å². The number of hydrogen-bond donors (Lipinski definition) is 2. The van der Waals surface area contributed by atoms with Crippen molar-refractivity contribution < 1.29 is 9.90 Å². The van der Waals surface area contributed by atoms with Crippen LogP contribution in [0.4, 0.5) is 17.1 Å². The van der Waals surface area contributed by atoms with Gasteiger partial charge in [0.1, 0.15) is 17.0 Å². The summed E-state index contributed by atoms with van der Waals surface area (Å²) in [7, 11) is 0. The summed E-state index contributed by atoms with van der Waals surface area (Å²) in [4.78, 5) is 41.6. The molecule has 7 heteroatoms. The van der Waals surface area contributed by atoms with Gasteiger partial charge in [-0.1, -0.05) is 60.7 Å². The summed E-state index contributed by atoms with van der Waals surface area (Å²) in [6.45, 7) is 6.24. The third kappa shape index (κ3) is 4.93. The highest BCUT2D eigenvalue weighted by molar-refractivity contribution is 5.94. The molecule has 0 atom stereocenters. The number of nitrogens with one attached hydrogen (secondary N) is 1. The monoisotopic (exact) mass is 537 g/mol. The predicted octanol–water partition coefficient (Wildman–Crippen LogP) is 4.66. The minimum atomic E-state index is -1.16. The summed E-state index contributed by atoms with van der Waals surface area (Å²) in [5.74, 6) is -0.104. The van der Waals surface area contributed by atoms with Gasteiger partial charge in [-0.3, -0.25) is 14.4 Å². The predicted molar refractivity (Wildman–Crippen MR) is 159 cm³/mol. The first-order valence-corrected chi connectivity index (χ1v) is 14.0. The molecule has 1 aliphatic heterocycles. The Morgan fingerprint density at radius 3 is 1.88 bits per heavy atom. The zero-order valence-corrected chi connectivity index (χ0v) is 23.0. The Bertz CT molecular complexity index is 1470. The number of nitrogens with zero attached hydrogens (tertiary/aromatic N) is 2. The van der Waals surface area contributed by atoms with Crippen LogP contribution in [0.3, 0.4) is 0 Å². The van der Waals surface area contributed by atoms with Crippen LogP contribution in [0.25, 0.3) is 0 Å². The van der Waals surface area contributed by atoms with Crippen molar-refractivity contribution in [1.29, 1.82) is 0 Å². The molecule has 0 bridgehead atoms. The summed E-state index contributed by atoms with van der Waals surface area (Å²) in [5, 5.41) is 15.3. The first-order chi connectivity index (χ1) is 19.4. The lowest BCUT2D eigenvalue weighted by Gasteiger charge is -2.43. The molecular formula is C33H35N3O4. The lowest BCUT2D eigenvalue weighted by molar-refractivity contribution is 0.00504. The molecule has 0 spiro atoms. The van der Waals surface area contributed by atoms with Crippen LogP contribution in [0.15, 0.2) is 94.5 Å². The highest BCUT2D eigenvalue weighted by Crippen LogP contribution is 2.42. The Kier molecular flexibility index (Phi) is 7.85. The van der Waals surface area contributed by atoms with Crippen LogP contribution >= 0.6 is 0 Å². The lowest BCUT2D eigenvalue weighted by Crippen LogP contribution is -2.48. The molecule has 1 fully saturated rings. The van der Waals surface area contributed by atoms with Gasteiger partial charge in [-0.2, -0.15) is 0 Å². The fraction of sp³-hybridized carbons (Fsp3) is 0.303. The van der Waals surface area contributed by atoms with E-state index in [-0.39, 0.29) is 17.5 Å². The summed E-state index contributed by atoms with van der Waals surface area (Å²) < 4.78 is 0. The lowest BCUT2D eigenvalue weighted by atomic mass is 9.72. The van der Waals surface area contributed by atoms with Gasteiger partial charge in [0.15, 0.2) is 0 Å². The van der Waals surface area contributed by atoms with Gasteiger partial charge in [-0.25, -0.2) is 0 Å². The Hall–Kier alpha value is -4.23. The molecule has 4 aromatic carbocycles. The van der Waals surface area contributed by atoms with E-state index < -0.39 is 16.5 Å². The SMILES string of the molecule is CCN(CC)C(=O)c1ccc(Nc2c(N3CCC(C(O)(c4ccccc4)c4ccccc4)CC3)c(=O)c2=O)cc1. The number of anilines is 3. The molecule has 1 amide bonds. The summed E-state index contributed by atoms with van der Waals surface area (Å²) in [6.07, 6.45) is 1.31. The molecular weight excluding hydrogens is 502 g/mol. The summed E-state index contributed by atoms with van der Waals surface area (Å²) >= 11 is 0. The average Bonchev–Trinajstić information content (AvgIpc) is 3.02. The van der Waals surface area contributed by atoms with Crippen molar-refractivity contribution in [2.75, 3.05) is 36.4 Å². The molecule has 0 aromatic heterocycles. The van der Waals surface area contributed by atoms with E-state index in [1.54, 1.807) is 29.2 Å². The van der Waals surface area contributed by atoms with Crippen LogP contribution in [-0.4, -0.2) is 42.1 Å². The van der Waals surface area contributed by atoms with Gasteiger partial charge in [0, 0.05) is 37.4 Å². The smallest absolute Gasteiger partial charge is 0.253 e. The van der Waals surface area contributed by atoms with E-state index in [1.165, 1.54) is 0 Å². The molecule has 40 heavy (non-hydrogen) atoms. The van der Waals surface area contributed by atoms with Gasteiger partial charge in [0.25, 0.3) is 16.8 Å². The van der Waals surface area contributed by atoms with Gasteiger partial charge < -0.3 is 20.2 Å². The second kappa shape index (κ2) is 11.5. The van der Waals surface area contributed by atoms with E-state index in [0.717, 1.165) is 11.1 Å². The molecule has 1 aliphatic rings. The van der Waals surface area contributed by atoms with Gasteiger partial charge >= 0.3 is 0 Å². The fourth-order valence-corrected chi connectivity index (χ4v) is 5.87. The molecule has 5 rings (SSSR count). The Balaban J connectivity index is 1.32. The molecule has 1 heterocycles. The number of piperidine rings is 1. The number of benzene rings is 3. The number of hydrogen-bond acceptors (Lipinski definition) is 6. The van der Waals surface area contributed by atoms with E-state index in [9.17, 15) is 19.5 Å². The van der Waals surface area contributed by atoms with Gasteiger partial charge in [-0.15, -0.1) is 0 Å². The third-order valence-electron chi connectivity index (χ3n) is 8.17. The zero-order valence-electron chi connectivity index (χ0n) is 23.0. The largest absolute Gasteiger partial charge is 0.380 e. The highest BCUT2D eigenvalue weighted by atomic mass is 16.3. The highest BCUT2D eigenvalue weighted by Gasteiger charge is 2.42. The second-order valence-electron chi connectivity index (χ2n) is 10.3. The van der Waals surface area contributed by atoms with Crippen molar-refractivity contribution in [2.45, 2.75) is 32.3 Å². The number of carbonyl (C=O) groups excluding carboxylic acids is 1. The maximum absolute atomic E-state index is 12.7. The van der Waals surface area contributed by atoms with E-state index in [2.05, 4.69) is 5.32 Å². The maximum atomic E-state index is 12.7. The minimum Gasteiger partial charge on any atom is -0.380 e. The normalized spacial score (nSPS) is 14.3. The van der Waals surface area contributed by atoms with Crippen LogP contribution < -0.4 is 21.1 Å². The quantitative estimate of drug-likeness (QED) is 0.302. The number of aliphatic hydroxyl groups is 1. The van der Waals surface area contributed by atoms with E-state index >= 15 is 0 Å². The van der Waals surface area contributed by atoms with E-state index in [4.69, 9.17) is 0 Å². The maximum Gasteiger partial charge on any atom is 0.253 e. The Morgan fingerprint density at radius 1 is 0.850 bits per heavy atom. The molecule has 1 saturated heterocycles. The second-order valence-corrected chi connectivity index (χ2v) is 10.3. The van der Waals surface area contributed by atoms with Crippen molar-refractivity contribution in [1.82, 2.24) is 4.90 Å². The molecule has 0 aliphatic carbocycles. The molecule has 4 aromatic rings. The van der Waals surface area contributed by atoms with E-state index in [1.807, 2.05) is 79.4 Å².